The Labute approximate surface area is 297 Å². The van der Waals surface area contributed by atoms with Crippen LogP contribution in [-0.4, -0.2) is 106 Å². The largest absolute Gasteiger partial charge is 0.493 e. The van der Waals surface area contributed by atoms with Crippen molar-refractivity contribution in [3.05, 3.63) is 59.8 Å². The van der Waals surface area contributed by atoms with Gasteiger partial charge in [-0.2, -0.15) is 4.31 Å². The number of carbonyl (C=O) groups excluding carboxylic acids is 2. The number of anilines is 1. The van der Waals surface area contributed by atoms with Gasteiger partial charge >= 0.3 is 0 Å². The molecule has 2 aliphatic rings. The van der Waals surface area contributed by atoms with Crippen LogP contribution in [0.2, 0.25) is 0 Å². The Kier molecular flexibility index (Phi) is 11.0. The molecule has 15 heteroatoms. The van der Waals surface area contributed by atoms with Crippen LogP contribution >= 0.6 is 0 Å². The second-order valence-corrected chi connectivity index (χ2v) is 14.9. The van der Waals surface area contributed by atoms with Crippen LogP contribution in [0.4, 0.5) is 5.82 Å². The number of rotatable bonds is 6. The molecule has 0 radical (unpaired) electrons. The zero-order valence-electron chi connectivity index (χ0n) is 29.4. The highest BCUT2D eigenvalue weighted by Crippen LogP contribution is 2.44. The molecule has 2 aliphatic heterocycles. The summed E-state index contributed by atoms with van der Waals surface area (Å²) in [4.78, 5) is 36.3. The highest BCUT2D eigenvalue weighted by atomic mass is 32.2. The van der Waals surface area contributed by atoms with E-state index in [-0.39, 0.29) is 49.6 Å². The van der Waals surface area contributed by atoms with Crippen LogP contribution in [0.5, 0.6) is 17.2 Å². The molecular weight excluding hydrogens is 676 g/mol. The van der Waals surface area contributed by atoms with E-state index in [0.717, 1.165) is 36.8 Å². The second kappa shape index (κ2) is 15.6. The van der Waals surface area contributed by atoms with Crippen LogP contribution in [0.25, 0.3) is 22.2 Å². The minimum atomic E-state index is -3.65. The molecule has 51 heavy (non-hydrogen) atoms. The van der Waals surface area contributed by atoms with Gasteiger partial charge in [0.25, 0.3) is 5.91 Å². The molecule has 6 rings (SSSR count). The summed E-state index contributed by atoms with van der Waals surface area (Å²) in [5.74, 6) is 1.94. The normalized spacial score (nSPS) is 18.2. The van der Waals surface area contributed by atoms with Crippen molar-refractivity contribution in [2.24, 2.45) is 5.92 Å². The molecule has 2 amide bonds. The zero-order valence-corrected chi connectivity index (χ0v) is 30.2. The van der Waals surface area contributed by atoms with Gasteiger partial charge < -0.3 is 33.9 Å². The number of methoxy groups -OCH3 is 3. The standard InChI is InChI=1S/C36H44N6O8S/c1-47-31-18-28-27(33(48-2)34(31)49-3)17-26-22-41(36(44)29-19-30(50-39-29)25-12-6-5-7-13-25)14-8-9-16-42(51(4,45)46)23-32(43)37-20-24-11-10-15-40(21-24)35(26)38-28/h5-7,12-13,17-19,24H,8-11,14-16,20-23H2,1-4H3,(H,37,43). The Morgan fingerprint density at radius 2 is 1.71 bits per heavy atom. The molecule has 4 heterocycles. The average Bonchev–Trinajstić information content (AvgIpc) is 3.63. The van der Waals surface area contributed by atoms with Crippen LogP contribution in [-0.2, 0) is 21.4 Å². The van der Waals surface area contributed by atoms with E-state index in [2.05, 4.69) is 15.4 Å². The minimum Gasteiger partial charge on any atom is -0.493 e. The highest BCUT2D eigenvalue weighted by molar-refractivity contribution is 7.88. The number of carbonyl (C=O) groups is 2. The monoisotopic (exact) mass is 720 g/mol. The summed E-state index contributed by atoms with van der Waals surface area (Å²) in [5.41, 5.74) is 2.35. The molecule has 0 saturated carbocycles. The topological polar surface area (TPSA) is 157 Å². The molecule has 2 aromatic carbocycles. The van der Waals surface area contributed by atoms with E-state index in [1.807, 2.05) is 42.5 Å². The molecular formula is C36H44N6O8S. The molecule has 4 aromatic rings. The first-order valence-corrected chi connectivity index (χ1v) is 18.8. The third kappa shape index (κ3) is 8.04. The summed E-state index contributed by atoms with van der Waals surface area (Å²) < 4.78 is 49.2. The summed E-state index contributed by atoms with van der Waals surface area (Å²) in [5, 5.41) is 7.80. The van der Waals surface area contributed by atoms with Crippen LogP contribution in [0, 0.1) is 5.92 Å². The fraction of sp³-hybridized carbons (Fsp3) is 0.444. The quantitative estimate of drug-likeness (QED) is 0.308. The van der Waals surface area contributed by atoms with Crippen molar-refractivity contribution < 1.29 is 36.7 Å². The molecule has 0 spiro atoms. The molecule has 2 aromatic heterocycles. The Hall–Kier alpha value is -4.89. The predicted octanol–water partition coefficient (Wildman–Crippen LogP) is 3.95. The van der Waals surface area contributed by atoms with Crippen LogP contribution in [0.15, 0.2) is 53.1 Å². The van der Waals surface area contributed by atoms with Crippen molar-refractivity contribution in [3.8, 4) is 28.6 Å². The molecule has 14 nitrogen and oxygen atoms in total. The van der Waals surface area contributed by atoms with Crippen LogP contribution in [0.3, 0.4) is 0 Å². The van der Waals surface area contributed by atoms with Gasteiger partial charge in [-0.05, 0) is 37.7 Å². The van der Waals surface area contributed by atoms with Crippen molar-refractivity contribution in [3.63, 3.8) is 0 Å². The van der Waals surface area contributed by atoms with Crippen LogP contribution in [0.1, 0.15) is 41.7 Å². The van der Waals surface area contributed by atoms with Gasteiger partial charge in [0.15, 0.2) is 23.0 Å². The number of ether oxygens (including phenoxy) is 3. The van der Waals surface area contributed by atoms with Gasteiger partial charge in [-0.3, -0.25) is 9.59 Å². The number of hydrogen-bond donors (Lipinski definition) is 1. The maximum Gasteiger partial charge on any atom is 0.276 e. The van der Waals surface area contributed by atoms with Gasteiger partial charge in [0.2, 0.25) is 21.7 Å². The number of nitrogens with one attached hydrogen (secondary N) is 1. The first-order valence-electron chi connectivity index (χ1n) is 17.0. The van der Waals surface area contributed by atoms with Gasteiger partial charge in [0.1, 0.15) is 5.82 Å². The Morgan fingerprint density at radius 3 is 2.43 bits per heavy atom. The fourth-order valence-corrected chi connectivity index (χ4v) is 7.61. The van der Waals surface area contributed by atoms with E-state index in [4.69, 9.17) is 23.7 Å². The van der Waals surface area contributed by atoms with Crippen molar-refractivity contribution in [1.82, 2.24) is 24.7 Å². The molecule has 1 atom stereocenters. The lowest BCUT2D eigenvalue weighted by molar-refractivity contribution is -0.121. The number of pyridine rings is 1. The first-order chi connectivity index (χ1) is 24.6. The van der Waals surface area contributed by atoms with E-state index in [1.54, 1.807) is 32.3 Å². The maximum absolute atomic E-state index is 14.3. The predicted molar refractivity (Wildman–Crippen MR) is 192 cm³/mol. The zero-order chi connectivity index (χ0) is 36.1. The first kappa shape index (κ1) is 35.9. The molecule has 1 fully saturated rings. The van der Waals surface area contributed by atoms with E-state index in [9.17, 15) is 18.0 Å². The summed E-state index contributed by atoms with van der Waals surface area (Å²) in [6.07, 6.45) is 3.72. The molecule has 2 bridgehead atoms. The number of benzene rings is 2. The van der Waals surface area contributed by atoms with Gasteiger partial charge in [0, 0.05) is 67.9 Å². The number of nitrogens with zero attached hydrogens (tertiary/aromatic N) is 5. The van der Waals surface area contributed by atoms with Gasteiger partial charge in [-0.25, -0.2) is 13.4 Å². The number of fused-ring (bicyclic) bond motifs is 5. The lowest BCUT2D eigenvalue weighted by atomic mass is 9.97. The van der Waals surface area contributed by atoms with E-state index >= 15 is 0 Å². The summed E-state index contributed by atoms with van der Waals surface area (Å²) in [6.45, 7) is 2.05. The number of piperidine rings is 1. The van der Waals surface area contributed by atoms with Gasteiger partial charge in [-0.1, -0.05) is 35.5 Å². The Morgan fingerprint density at radius 1 is 0.941 bits per heavy atom. The fourth-order valence-electron chi connectivity index (χ4n) is 6.80. The highest BCUT2D eigenvalue weighted by Gasteiger charge is 2.29. The van der Waals surface area contributed by atoms with E-state index < -0.39 is 10.0 Å². The Bertz CT molecular complexity index is 1990. The third-order valence-electron chi connectivity index (χ3n) is 9.40. The number of sulfonamides is 1. The Balaban J connectivity index is 1.44. The van der Waals surface area contributed by atoms with E-state index in [0.29, 0.717) is 65.7 Å². The second-order valence-electron chi connectivity index (χ2n) is 12.9. The summed E-state index contributed by atoms with van der Waals surface area (Å²) in [7, 11) is 1.01. The minimum absolute atomic E-state index is 0.0943. The van der Waals surface area contributed by atoms with Gasteiger partial charge in [0.05, 0.1) is 39.6 Å². The maximum atomic E-state index is 14.3. The third-order valence-corrected chi connectivity index (χ3v) is 10.6. The van der Waals surface area contributed by atoms with Crippen molar-refractivity contribution in [1.29, 1.82) is 0 Å². The smallest absolute Gasteiger partial charge is 0.276 e. The summed E-state index contributed by atoms with van der Waals surface area (Å²) in [6, 6.07) is 14.9. The molecule has 1 saturated heterocycles. The van der Waals surface area contributed by atoms with E-state index in [1.165, 1.54) is 4.31 Å². The number of hydrogen-bond acceptors (Lipinski definition) is 11. The van der Waals surface area contributed by atoms with Crippen LogP contribution < -0.4 is 24.4 Å². The molecule has 272 valence electrons. The number of amides is 2. The number of aromatic nitrogens is 2. The molecule has 1 N–H and O–H groups in total. The SMILES string of the molecule is COc1cc2nc3c(cc2c(OC)c1OC)CN(C(=O)c1cc(-c2ccccc2)on1)CCCCN(S(C)(=O)=O)CC(=O)NCC1CCCN3C1. The average molecular weight is 721 g/mol. The lowest BCUT2D eigenvalue weighted by Gasteiger charge is -2.36. The molecule has 1 unspecified atom stereocenters. The lowest BCUT2D eigenvalue weighted by Crippen LogP contribution is -2.45. The van der Waals surface area contributed by atoms with Crippen molar-refractivity contribution in [2.45, 2.75) is 32.2 Å². The molecule has 0 aliphatic carbocycles. The van der Waals surface area contributed by atoms with Crippen molar-refractivity contribution in [2.75, 3.05) is 71.8 Å². The van der Waals surface area contributed by atoms with Gasteiger partial charge in [-0.15, -0.1) is 0 Å². The summed E-state index contributed by atoms with van der Waals surface area (Å²) >= 11 is 0. The van der Waals surface area contributed by atoms with Crippen molar-refractivity contribution >= 4 is 38.6 Å².